The summed E-state index contributed by atoms with van der Waals surface area (Å²) in [4.78, 5) is 32.4. The maximum atomic E-state index is 11.8. The molecule has 10 nitrogen and oxygen atoms in total. The summed E-state index contributed by atoms with van der Waals surface area (Å²) >= 11 is 0. The van der Waals surface area contributed by atoms with E-state index in [1.54, 1.807) is 29.1 Å². The maximum absolute atomic E-state index is 11.8. The molecule has 0 saturated carbocycles. The van der Waals surface area contributed by atoms with Gasteiger partial charge in [0.2, 0.25) is 0 Å². The number of H-pyrrole nitrogens is 1. The number of methoxy groups -OCH3 is 1. The third-order valence-corrected chi connectivity index (χ3v) is 4.77. The van der Waals surface area contributed by atoms with E-state index < -0.39 is 18.1 Å². The number of nitriles is 1. The molecule has 0 aliphatic rings. The fraction of sp³-hybridized carbons (Fsp3) is 0.182. The van der Waals surface area contributed by atoms with Crippen LogP contribution < -0.4 is 0 Å². The van der Waals surface area contributed by atoms with Crippen molar-refractivity contribution in [3.63, 3.8) is 0 Å². The average molecular weight is 486 g/mol. The number of benzene rings is 1. The number of hydrogen-bond donors (Lipinski definition) is 2. The SMILES string of the molecule is COC(=O)c1cccc(C(CC#N)n2cc(-c3ncnc4[nH]ccc34)cn2)c1.O=C(O)C(F)(F)F. The monoisotopic (exact) mass is 486 g/mol. The van der Waals surface area contributed by atoms with Crippen molar-refractivity contribution < 1.29 is 32.6 Å². The maximum Gasteiger partial charge on any atom is 0.490 e. The van der Waals surface area contributed by atoms with Gasteiger partial charge in [-0.05, 0) is 23.8 Å². The van der Waals surface area contributed by atoms with Gasteiger partial charge in [-0.1, -0.05) is 12.1 Å². The molecular weight excluding hydrogens is 469 g/mol. The zero-order chi connectivity index (χ0) is 25.6. The highest BCUT2D eigenvalue weighted by Crippen LogP contribution is 2.28. The van der Waals surface area contributed by atoms with Gasteiger partial charge in [0.15, 0.2) is 0 Å². The first kappa shape index (κ1) is 24.9. The van der Waals surface area contributed by atoms with Crippen molar-refractivity contribution in [2.75, 3.05) is 7.11 Å². The number of hydrogen-bond acceptors (Lipinski definition) is 7. The second kappa shape index (κ2) is 10.5. The van der Waals surface area contributed by atoms with Crippen molar-refractivity contribution in [2.24, 2.45) is 0 Å². The van der Waals surface area contributed by atoms with E-state index in [9.17, 15) is 23.2 Å². The van der Waals surface area contributed by atoms with Gasteiger partial charge >= 0.3 is 18.1 Å². The molecular formula is C22H17F3N6O4. The summed E-state index contributed by atoms with van der Waals surface area (Å²) in [7, 11) is 1.34. The van der Waals surface area contributed by atoms with Crippen LogP contribution in [0.5, 0.6) is 0 Å². The van der Waals surface area contributed by atoms with Crippen LogP contribution in [0.3, 0.4) is 0 Å². The van der Waals surface area contributed by atoms with Gasteiger partial charge in [-0.25, -0.2) is 19.6 Å². The van der Waals surface area contributed by atoms with Gasteiger partial charge in [0.05, 0.1) is 43.1 Å². The van der Waals surface area contributed by atoms with Crippen molar-refractivity contribution in [3.05, 3.63) is 66.4 Å². The summed E-state index contributed by atoms with van der Waals surface area (Å²) in [5.41, 5.74) is 3.56. The lowest BCUT2D eigenvalue weighted by molar-refractivity contribution is -0.192. The number of esters is 1. The molecule has 1 aromatic carbocycles. The largest absolute Gasteiger partial charge is 0.490 e. The third-order valence-electron chi connectivity index (χ3n) is 4.77. The van der Waals surface area contributed by atoms with Crippen LogP contribution >= 0.6 is 0 Å². The minimum atomic E-state index is -5.08. The van der Waals surface area contributed by atoms with Crippen LogP contribution in [0.25, 0.3) is 22.3 Å². The van der Waals surface area contributed by atoms with Crippen LogP contribution in [0, 0.1) is 11.3 Å². The van der Waals surface area contributed by atoms with E-state index in [0.717, 1.165) is 27.9 Å². The predicted molar refractivity (Wildman–Crippen MR) is 115 cm³/mol. The summed E-state index contributed by atoms with van der Waals surface area (Å²) in [6.45, 7) is 0. The number of alkyl halides is 3. The number of nitrogens with one attached hydrogen (secondary N) is 1. The molecule has 0 saturated heterocycles. The number of carboxylic acids is 1. The van der Waals surface area contributed by atoms with E-state index in [4.69, 9.17) is 14.6 Å². The third kappa shape index (κ3) is 5.80. The summed E-state index contributed by atoms with van der Waals surface area (Å²) < 4.78 is 38.2. The molecule has 13 heteroatoms. The van der Waals surface area contributed by atoms with Gasteiger partial charge < -0.3 is 14.8 Å². The molecule has 3 heterocycles. The molecule has 4 aromatic rings. The molecule has 0 aliphatic carbocycles. The number of aromatic amines is 1. The number of aromatic nitrogens is 5. The van der Waals surface area contributed by atoms with Crippen molar-refractivity contribution in [1.82, 2.24) is 24.7 Å². The number of aliphatic carboxylic acids is 1. The molecule has 180 valence electrons. The highest BCUT2D eigenvalue weighted by atomic mass is 19.4. The fourth-order valence-corrected chi connectivity index (χ4v) is 3.17. The Morgan fingerprint density at radius 3 is 2.69 bits per heavy atom. The van der Waals surface area contributed by atoms with E-state index in [0.29, 0.717) is 5.56 Å². The average Bonchev–Trinajstić information content (AvgIpc) is 3.51. The van der Waals surface area contributed by atoms with Gasteiger partial charge in [0.25, 0.3) is 0 Å². The minimum absolute atomic E-state index is 0.203. The Bertz CT molecular complexity index is 1390. The number of carbonyl (C=O) groups is 2. The Hall–Kier alpha value is -4.73. The van der Waals surface area contributed by atoms with Crippen LogP contribution in [0.1, 0.15) is 28.4 Å². The number of carbonyl (C=O) groups excluding carboxylic acids is 1. The minimum Gasteiger partial charge on any atom is -0.475 e. The molecule has 0 spiro atoms. The smallest absolute Gasteiger partial charge is 0.475 e. The predicted octanol–water partition coefficient (Wildman–Crippen LogP) is 3.74. The van der Waals surface area contributed by atoms with Crippen LogP contribution in [-0.4, -0.2) is 55.1 Å². The van der Waals surface area contributed by atoms with E-state index in [1.807, 2.05) is 24.5 Å². The molecule has 0 radical (unpaired) electrons. The number of nitrogens with zero attached hydrogens (tertiary/aromatic N) is 5. The van der Waals surface area contributed by atoms with Gasteiger partial charge in [-0.15, -0.1) is 0 Å². The summed E-state index contributed by atoms with van der Waals surface area (Å²) in [6.07, 6.45) is 1.99. The molecule has 0 bridgehead atoms. The highest BCUT2D eigenvalue weighted by molar-refractivity contribution is 5.90. The van der Waals surface area contributed by atoms with Crippen molar-refractivity contribution in [1.29, 1.82) is 5.26 Å². The normalized spacial score (nSPS) is 11.7. The summed E-state index contributed by atoms with van der Waals surface area (Å²) in [5.74, 6) is -3.18. The van der Waals surface area contributed by atoms with Crippen LogP contribution in [0.4, 0.5) is 13.2 Å². The van der Waals surface area contributed by atoms with Crippen molar-refractivity contribution >= 4 is 23.0 Å². The molecule has 4 rings (SSSR count). The Balaban J connectivity index is 0.000000429. The highest BCUT2D eigenvalue weighted by Gasteiger charge is 2.38. The van der Waals surface area contributed by atoms with E-state index in [1.165, 1.54) is 13.4 Å². The molecule has 3 aromatic heterocycles. The Labute approximate surface area is 195 Å². The Morgan fingerprint density at radius 1 is 1.29 bits per heavy atom. The summed E-state index contributed by atoms with van der Waals surface area (Å²) in [5, 5.41) is 21.8. The van der Waals surface area contributed by atoms with Gasteiger partial charge in [-0.2, -0.15) is 23.5 Å². The molecule has 1 unspecified atom stereocenters. The zero-order valence-electron chi connectivity index (χ0n) is 18.0. The van der Waals surface area contributed by atoms with Gasteiger partial charge in [0.1, 0.15) is 12.0 Å². The Kier molecular flexibility index (Phi) is 7.45. The Morgan fingerprint density at radius 2 is 2.03 bits per heavy atom. The summed E-state index contributed by atoms with van der Waals surface area (Å²) in [6, 6.07) is 10.8. The lowest BCUT2D eigenvalue weighted by Crippen LogP contribution is -2.21. The number of carboxylic acid groups (broad SMARTS) is 1. The molecule has 1 atom stereocenters. The second-order valence-electron chi connectivity index (χ2n) is 6.97. The quantitative estimate of drug-likeness (QED) is 0.406. The molecule has 0 aliphatic heterocycles. The lowest BCUT2D eigenvalue weighted by Gasteiger charge is -2.15. The fourth-order valence-electron chi connectivity index (χ4n) is 3.17. The van der Waals surface area contributed by atoms with Crippen molar-refractivity contribution in [2.45, 2.75) is 18.6 Å². The standard InChI is InChI=1S/C20H16N6O2.C2HF3O2/c1-28-20(27)14-4-2-3-13(9-14)17(5-7-21)26-11-15(10-25-26)18-16-6-8-22-19(16)24-12-23-18;3-2(4,5)1(6)7/h2-4,6,8-12,17H,5H2,1H3,(H,22,23,24);(H,6,7). The molecule has 35 heavy (non-hydrogen) atoms. The van der Waals surface area contributed by atoms with E-state index in [2.05, 4.69) is 26.1 Å². The first-order valence-corrected chi connectivity index (χ1v) is 9.83. The number of fused-ring (bicyclic) bond motifs is 1. The molecule has 2 N–H and O–H groups in total. The van der Waals surface area contributed by atoms with Gasteiger partial charge in [0, 0.05) is 23.3 Å². The van der Waals surface area contributed by atoms with Crippen molar-refractivity contribution in [3.8, 4) is 17.3 Å². The zero-order valence-corrected chi connectivity index (χ0v) is 18.0. The van der Waals surface area contributed by atoms with Crippen LogP contribution in [0.2, 0.25) is 0 Å². The van der Waals surface area contributed by atoms with E-state index in [-0.39, 0.29) is 12.5 Å². The van der Waals surface area contributed by atoms with E-state index >= 15 is 0 Å². The molecule has 0 amide bonds. The topological polar surface area (TPSA) is 147 Å². The second-order valence-corrected chi connectivity index (χ2v) is 6.97. The number of halogens is 3. The first-order valence-electron chi connectivity index (χ1n) is 9.83. The van der Waals surface area contributed by atoms with Crippen LogP contribution in [-0.2, 0) is 9.53 Å². The van der Waals surface area contributed by atoms with Crippen LogP contribution in [0.15, 0.2) is 55.2 Å². The molecule has 0 fully saturated rings. The number of ether oxygens (including phenoxy) is 1. The lowest BCUT2D eigenvalue weighted by atomic mass is 10.0. The van der Waals surface area contributed by atoms with Gasteiger partial charge in [-0.3, -0.25) is 4.68 Å². The number of rotatable bonds is 5. The first-order chi connectivity index (χ1) is 16.7.